The average Bonchev–Trinajstić information content (AvgIpc) is 2.42. The molecule has 0 bridgehead atoms. The van der Waals surface area contributed by atoms with Crippen LogP contribution in [0, 0.1) is 0 Å². The lowest BCUT2D eigenvalue weighted by Gasteiger charge is -2.13. The molecular formula is C12H13BNO4. The zero-order chi connectivity index (χ0) is 13.2. The van der Waals surface area contributed by atoms with Crippen molar-refractivity contribution in [2.45, 2.75) is 19.1 Å². The number of carbonyl (C=O) groups is 3. The molecule has 0 aliphatic rings. The highest BCUT2D eigenvalue weighted by atomic mass is 16.5. The summed E-state index contributed by atoms with van der Waals surface area (Å²) in [6.45, 7) is 0.137. The number of ether oxygens (including phenoxy) is 1. The van der Waals surface area contributed by atoms with E-state index in [2.05, 4.69) is 5.23 Å². The van der Waals surface area contributed by atoms with Crippen LogP contribution in [0.2, 0.25) is 0 Å². The van der Waals surface area contributed by atoms with Gasteiger partial charge in [0.15, 0.2) is 0 Å². The Hall–Kier alpha value is -1.95. The van der Waals surface area contributed by atoms with E-state index in [1.807, 2.05) is 30.3 Å². The van der Waals surface area contributed by atoms with Gasteiger partial charge in [-0.1, -0.05) is 30.3 Å². The first-order chi connectivity index (χ1) is 8.77. The summed E-state index contributed by atoms with van der Waals surface area (Å²) in [4.78, 5) is 32.2. The van der Waals surface area contributed by atoms with Crippen molar-refractivity contribution in [3.05, 3.63) is 35.9 Å². The van der Waals surface area contributed by atoms with Gasteiger partial charge in [-0.15, -0.1) is 0 Å². The van der Waals surface area contributed by atoms with Gasteiger partial charge in [-0.2, -0.15) is 0 Å². The molecule has 6 heteroatoms. The van der Waals surface area contributed by atoms with E-state index in [4.69, 9.17) is 4.74 Å². The quantitative estimate of drug-likeness (QED) is 0.399. The molecule has 0 spiro atoms. The van der Waals surface area contributed by atoms with Crippen LogP contribution in [-0.2, 0) is 25.7 Å². The van der Waals surface area contributed by atoms with Crippen LogP contribution < -0.4 is 5.23 Å². The lowest BCUT2D eigenvalue weighted by Crippen LogP contribution is -2.41. The summed E-state index contributed by atoms with van der Waals surface area (Å²) in [5.74, 6) is -0.566. The molecule has 0 amide bonds. The summed E-state index contributed by atoms with van der Waals surface area (Å²) in [6, 6.07) is 8.37. The van der Waals surface area contributed by atoms with Crippen molar-refractivity contribution in [1.29, 1.82) is 0 Å². The minimum Gasteiger partial charge on any atom is -0.460 e. The Bertz CT molecular complexity index is 396. The molecule has 0 aliphatic carbocycles. The first-order valence-corrected chi connectivity index (χ1v) is 5.45. The number of hydrogen-bond donors (Lipinski definition) is 1. The lowest BCUT2D eigenvalue weighted by atomic mass is 9.96. The minimum absolute atomic E-state index is 0.0437. The van der Waals surface area contributed by atoms with Crippen molar-refractivity contribution >= 4 is 25.9 Å². The van der Waals surface area contributed by atoms with Crippen molar-refractivity contribution in [3.8, 4) is 0 Å². The van der Waals surface area contributed by atoms with Gasteiger partial charge in [-0.3, -0.25) is 4.79 Å². The lowest BCUT2D eigenvalue weighted by molar-refractivity contribution is -0.147. The zero-order valence-electron chi connectivity index (χ0n) is 9.74. The van der Waals surface area contributed by atoms with Crippen molar-refractivity contribution in [2.24, 2.45) is 0 Å². The highest BCUT2D eigenvalue weighted by molar-refractivity contribution is 6.64. The molecule has 93 valence electrons. The summed E-state index contributed by atoms with van der Waals surface area (Å²) in [5, 5.41) is 2.51. The summed E-state index contributed by atoms with van der Waals surface area (Å²) in [5.41, 5.74) is 0.857. The molecule has 0 saturated heterocycles. The van der Waals surface area contributed by atoms with E-state index in [9.17, 15) is 14.4 Å². The smallest absolute Gasteiger partial charge is 0.322 e. The Balaban J connectivity index is 2.45. The fourth-order valence-corrected chi connectivity index (χ4v) is 1.31. The van der Waals surface area contributed by atoms with Gasteiger partial charge in [0.1, 0.15) is 18.9 Å². The molecule has 18 heavy (non-hydrogen) atoms. The largest absolute Gasteiger partial charge is 0.460 e. The van der Waals surface area contributed by atoms with E-state index in [0.29, 0.717) is 12.5 Å². The second kappa shape index (κ2) is 8.19. The van der Waals surface area contributed by atoms with Crippen molar-refractivity contribution in [3.63, 3.8) is 0 Å². The number of carbonyl (C=O) groups excluding carboxylic acids is 3. The summed E-state index contributed by atoms with van der Waals surface area (Å²) in [6.07, 6.45) is 1.06. The predicted octanol–water partition coefficient (Wildman–Crippen LogP) is 0.0864. The molecular weight excluding hydrogens is 233 g/mol. The molecule has 1 atom stereocenters. The van der Waals surface area contributed by atoms with Crippen LogP contribution >= 0.6 is 0 Å². The maximum Gasteiger partial charge on any atom is 0.322 e. The number of aldehydes is 1. The van der Waals surface area contributed by atoms with Gasteiger partial charge in [-0.25, -0.2) is 0 Å². The third kappa shape index (κ3) is 4.92. The maximum absolute atomic E-state index is 11.6. The van der Waals surface area contributed by atoms with Crippen LogP contribution in [0.1, 0.15) is 12.0 Å². The topological polar surface area (TPSA) is 72.5 Å². The maximum atomic E-state index is 11.6. The van der Waals surface area contributed by atoms with Gasteiger partial charge >= 0.3 is 5.97 Å². The van der Waals surface area contributed by atoms with E-state index in [-0.39, 0.29) is 13.0 Å². The summed E-state index contributed by atoms with van der Waals surface area (Å²) < 4.78 is 5.04. The molecule has 1 aromatic carbocycles. The van der Waals surface area contributed by atoms with Gasteiger partial charge in [0, 0.05) is 6.42 Å². The van der Waals surface area contributed by atoms with Gasteiger partial charge in [0.2, 0.25) is 0 Å². The first kappa shape index (κ1) is 14.1. The second-order valence-electron chi connectivity index (χ2n) is 3.52. The molecule has 1 aromatic rings. The van der Waals surface area contributed by atoms with E-state index < -0.39 is 12.0 Å². The van der Waals surface area contributed by atoms with Crippen molar-refractivity contribution in [1.82, 2.24) is 5.23 Å². The third-order valence-corrected chi connectivity index (χ3v) is 2.21. The molecule has 1 rings (SSSR count). The molecule has 0 aliphatic heterocycles. The van der Waals surface area contributed by atoms with Gasteiger partial charge in [0.25, 0.3) is 7.41 Å². The molecule has 0 fully saturated rings. The van der Waals surface area contributed by atoms with Gasteiger partial charge in [0.05, 0.1) is 6.19 Å². The molecule has 0 saturated carbocycles. The standard InChI is InChI=1S/C12H13BNO4/c15-7-6-11(14-13-9-16)12(17)18-8-10-4-2-1-3-5-10/h1-5,7,9,11,14H,6,8H2/t11-/m0/s1. The molecule has 1 N–H and O–H groups in total. The van der Waals surface area contributed by atoms with Crippen LogP contribution in [0.15, 0.2) is 30.3 Å². The highest BCUT2D eigenvalue weighted by Crippen LogP contribution is 2.02. The van der Waals surface area contributed by atoms with E-state index in [0.717, 1.165) is 13.0 Å². The Morgan fingerprint density at radius 3 is 2.67 bits per heavy atom. The van der Waals surface area contributed by atoms with Crippen LogP contribution in [0.4, 0.5) is 0 Å². The number of esters is 1. The number of benzene rings is 1. The van der Waals surface area contributed by atoms with E-state index in [1.54, 1.807) is 0 Å². The van der Waals surface area contributed by atoms with E-state index in [1.165, 1.54) is 0 Å². The van der Waals surface area contributed by atoms with E-state index >= 15 is 0 Å². The Morgan fingerprint density at radius 2 is 2.06 bits per heavy atom. The normalized spacial score (nSPS) is 11.3. The van der Waals surface area contributed by atoms with Crippen molar-refractivity contribution < 1.29 is 19.1 Å². The van der Waals surface area contributed by atoms with Crippen LogP contribution in [0.3, 0.4) is 0 Å². The summed E-state index contributed by atoms with van der Waals surface area (Å²) >= 11 is 0. The van der Waals surface area contributed by atoms with Crippen molar-refractivity contribution in [2.75, 3.05) is 0 Å². The Morgan fingerprint density at radius 1 is 1.33 bits per heavy atom. The Kier molecular flexibility index (Phi) is 6.42. The SMILES string of the molecule is O=C[B]N[C@@H](CC=O)C(=O)OCc1ccccc1. The van der Waals surface area contributed by atoms with Crippen LogP contribution in [-0.4, -0.2) is 31.9 Å². The number of nitrogens with one attached hydrogen (secondary N) is 1. The van der Waals surface area contributed by atoms with Crippen LogP contribution in [0.25, 0.3) is 0 Å². The zero-order valence-corrected chi connectivity index (χ0v) is 9.74. The second-order valence-corrected chi connectivity index (χ2v) is 3.52. The highest BCUT2D eigenvalue weighted by Gasteiger charge is 2.18. The Labute approximate surface area is 106 Å². The molecule has 0 unspecified atom stereocenters. The number of rotatable bonds is 8. The molecule has 5 nitrogen and oxygen atoms in total. The van der Waals surface area contributed by atoms with Gasteiger partial charge in [-0.05, 0) is 5.56 Å². The predicted molar refractivity (Wildman–Crippen MR) is 66.3 cm³/mol. The molecule has 1 radical (unpaired) electrons. The monoisotopic (exact) mass is 246 g/mol. The minimum atomic E-state index is -0.823. The first-order valence-electron chi connectivity index (χ1n) is 5.45. The molecule has 0 aromatic heterocycles. The fourth-order valence-electron chi connectivity index (χ4n) is 1.31. The summed E-state index contributed by atoms with van der Waals surface area (Å²) in [7, 11) is 1.07. The fraction of sp³-hybridized carbons (Fsp3) is 0.250. The molecule has 0 heterocycles. The third-order valence-electron chi connectivity index (χ3n) is 2.21. The van der Waals surface area contributed by atoms with Gasteiger partial charge < -0.3 is 19.6 Å². The number of hydrogen-bond acceptors (Lipinski definition) is 5. The average molecular weight is 246 g/mol. The van der Waals surface area contributed by atoms with Crippen LogP contribution in [0.5, 0.6) is 0 Å².